The van der Waals surface area contributed by atoms with E-state index in [9.17, 15) is 19.2 Å². The fourth-order valence-corrected chi connectivity index (χ4v) is 2.95. The van der Waals surface area contributed by atoms with Crippen LogP contribution in [0.25, 0.3) is 0 Å². The number of aliphatic imine (C=N–C) groups is 1. The molecule has 0 fully saturated rings. The van der Waals surface area contributed by atoms with Crippen molar-refractivity contribution in [3.63, 3.8) is 0 Å². The Morgan fingerprint density at radius 1 is 1.06 bits per heavy atom. The SMILES string of the molecule is CSCCC(N)C(=O)NC(CCCN=C(N)N)C(=O)NCC(=O)NC(C(=O)O)C(C)C. The van der Waals surface area contributed by atoms with Crippen LogP contribution in [0.5, 0.6) is 0 Å². The van der Waals surface area contributed by atoms with Crippen molar-refractivity contribution in [2.45, 2.75) is 51.2 Å². The van der Waals surface area contributed by atoms with E-state index in [0.717, 1.165) is 0 Å². The van der Waals surface area contributed by atoms with Gasteiger partial charge in [0.1, 0.15) is 12.1 Å². The van der Waals surface area contributed by atoms with Crippen LogP contribution in [0.15, 0.2) is 4.99 Å². The molecule has 3 atom stereocenters. The van der Waals surface area contributed by atoms with Crippen LogP contribution in [0.1, 0.15) is 33.1 Å². The molecule has 0 rings (SSSR count). The third-order valence-corrected chi connectivity index (χ3v) is 4.86. The molecule has 178 valence electrons. The molecule has 0 aliphatic rings. The third kappa shape index (κ3) is 12.7. The van der Waals surface area contributed by atoms with Crippen molar-refractivity contribution >= 4 is 41.4 Å². The molecule has 0 bridgehead atoms. The summed E-state index contributed by atoms with van der Waals surface area (Å²) in [4.78, 5) is 51.9. The van der Waals surface area contributed by atoms with Gasteiger partial charge in [-0.05, 0) is 37.2 Å². The van der Waals surface area contributed by atoms with Crippen LogP contribution in [-0.2, 0) is 19.2 Å². The Morgan fingerprint density at radius 2 is 1.71 bits per heavy atom. The highest BCUT2D eigenvalue weighted by Crippen LogP contribution is 2.03. The molecule has 0 aliphatic heterocycles. The maximum absolute atomic E-state index is 12.5. The molecule has 3 amide bonds. The molecule has 12 nitrogen and oxygen atoms in total. The van der Waals surface area contributed by atoms with Gasteiger partial charge in [-0.15, -0.1) is 0 Å². The lowest BCUT2D eigenvalue weighted by atomic mass is 10.0. The zero-order valence-corrected chi connectivity index (χ0v) is 19.0. The van der Waals surface area contributed by atoms with E-state index in [0.29, 0.717) is 18.6 Å². The predicted octanol–water partition coefficient (Wildman–Crippen LogP) is -2.05. The Balaban J connectivity index is 4.93. The van der Waals surface area contributed by atoms with Gasteiger partial charge in [0.15, 0.2) is 5.96 Å². The molecule has 0 aromatic heterocycles. The number of carbonyl (C=O) groups is 4. The van der Waals surface area contributed by atoms with Crippen LogP contribution in [0, 0.1) is 5.92 Å². The molecule has 3 unspecified atom stereocenters. The maximum Gasteiger partial charge on any atom is 0.326 e. The summed E-state index contributed by atoms with van der Waals surface area (Å²) in [6.45, 7) is 3.13. The largest absolute Gasteiger partial charge is 0.480 e. The molecular weight excluding hydrogens is 426 g/mol. The predicted molar refractivity (Wildman–Crippen MR) is 120 cm³/mol. The zero-order chi connectivity index (χ0) is 24.0. The number of hydrogen-bond donors (Lipinski definition) is 7. The van der Waals surface area contributed by atoms with Crippen LogP contribution in [-0.4, -0.2) is 78.0 Å². The van der Waals surface area contributed by atoms with Crippen molar-refractivity contribution in [3.05, 3.63) is 0 Å². The topological polar surface area (TPSA) is 215 Å². The average Bonchev–Trinajstić information content (AvgIpc) is 2.69. The minimum Gasteiger partial charge on any atom is -0.480 e. The molecule has 0 spiro atoms. The van der Waals surface area contributed by atoms with E-state index in [1.807, 2.05) is 6.26 Å². The standard InChI is InChI=1S/C18H35N7O5S/c1-10(2)14(17(29)30)25-13(26)9-23-16(28)12(5-4-7-22-18(20)21)24-15(27)11(19)6-8-31-3/h10-12,14H,4-9,19H2,1-3H3,(H,23,28)(H,24,27)(H,25,26)(H,29,30)(H4,20,21,22). The van der Waals surface area contributed by atoms with Gasteiger partial charge >= 0.3 is 5.97 Å². The Morgan fingerprint density at radius 3 is 2.23 bits per heavy atom. The molecule has 31 heavy (non-hydrogen) atoms. The first-order valence-electron chi connectivity index (χ1n) is 9.89. The number of nitrogens with one attached hydrogen (secondary N) is 3. The van der Waals surface area contributed by atoms with E-state index in [-0.39, 0.29) is 24.8 Å². The van der Waals surface area contributed by atoms with Crippen LogP contribution in [0.3, 0.4) is 0 Å². The average molecular weight is 462 g/mol. The fraction of sp³-hybridized carbons (Fsp3) is 0.722. The van der Waals surface area contributed by atoms with Gasteiger partial charge in [0.05, 0.1) is 12.6 Å². The number of carboxylic acid groups (broad SMARTS) is 1. The second-order valence-electron chi connectivity index (χ2n) is 7.24. The fourth-order valence-electron chi connectivity index (χ4n) is 2.46. The molecule has 0 aromatic carbocycles. The van der Waals surface area contributed by atoms with Crippen molar-refractivity contribution in [2.75, 3.05) is 25.1 Å². The van der Waals surface area contributed by atoms with Gasteiger partial charge in [-0.1, -0.05) is 13.8 Å². The highest BCUT2D eigenvalue weighted by Gasteiger charge is 2.26. The van der Waals surface area contributed by atoms with E-state index < -0.39 is 48.4 Å². The molecular formula is C18H35N7O5S. The Bertz CT molecular complexity index is 641. The van der Waals surface area contributed by atoms with E-state index in [1.165, 1.54) is 0 Å². The smallest absolute Gasteiger partial charge is 0.326 e. The zero-order valence-electron chi connectivity index (χ0n) is 18.2. The monoisotopic (exact) mass is 461 g/mol. The summed E-state index contributed by atoms with van der Waals surface area (Å²) >= 11 is 1.55. The number of carbonyl (C=O) groups excluding carboxylic acids is 3. The van der Waals surface area contributed by atoms with Gasteiger partial charge in [-0.3, -0.25) is 19.4 Å². The lowest BCUT2D eigenvalue weighted by Crippen LogP contribution is -2.54. The molecule has 0 aromatic rings. The number of nitrogens with two attached hydrogens (primary N) is 3. The summed E-state index contributed by atoms with van der Waals surface area (Å²) in [5.41, 5.74) is 16.4. The Hall–Kier alpha value is -2.54. The van der Waals surface area contributed by atoms with Gasteiger partial charge in [0.25, 0.3) is 0 Å². The molecule has 13 heteroatoms. The number of thioether (sulfide) groups is 1. The van der Waals surface area contributed by atoms with Gasteiger partial charge in [0.2, 0.25) is 17.7 Å². The van der Waals surface area contributed by atoms with Crippen LogP contribution < -0.4 is 33.2 Å². The molecule has 0 saturated heterocycles. The number of aliphatic carboxylic acids is 1. The highest BCUT2D eigenvalue weighted by molar-refractivity contribution is 7.98. The van der Waals surface area contributed by atoms with Gasteiger partial charge in [0, 0.05) is 6.54 Å². The lowest BCUT2D eigenvalue weighted by Gasteiger charge is -2.21. The van der Waals surface area contributed by atoms with Crippen molar-refractivity contribution in [1.29, 1.82) is 0 Å². The van der Waals surface area contributed by atoms with Crippen LogP contribution >= 0.6 is 11.8 Å². The summed E-state index contributed by atoms with van der Waals surface area (Å²) in [7, 11) is 0. The van der Waals surface area contributed by atoms with E-state index in [2.05, 4.69) is 20.9 Å². The molecule has 0 radical (unpaired) electrons. The van der Waals surface area contributed by atoms with Crippen molar-refractivity contribution in [3.8, 4) is 0 Å². The minimum absolute atomic E-state index is 0.0843. The van der Waals surface area contributed by atoms with Crippen molar-refractivity contribution < 1.29 is 24.3 Å². The summed E-state index contributed by atoms with van der Waals surface area (Å²) < 4.78 is 0. The normalized spacial score (nSPS) is 13.6. The van der Waals surface area contributed by atoms with E-state index >= 15 is 0 Å². The van der Waals surface area contributed by atoms with Crippen molar-refractivity contribution in [2.24, 2.45) is 28.1 Å². The number of hydrogen-bond acceptors (Lipinski definition) is 7. The van der Waals surface area contributed by atoms with E-state index in [1.54, 1.807) is 25.6 Å². The number of rotatable bonds is 15. The second kappa shape index (κ2) is 15.3. The van der Waals surface area contributed by atoms with Crippen molar-refractivity contribution in [1.82, 2.24) is 16.0 Å². The number of nitrogens with zero attached hydrogens (tertiary/aromatic N) is 1. The van der Waals surface area contributed by atoms with E-state index in [4.69, 9.17) is 22.3 Å². The first-order chi connectivity index (χ1) is 14.5. The molecule has 0 aliphatic carbocycles. The first-order valence-corrected chi connectivity index (χ1v) is 11.3. The molecule has 0 heterocycles. The third-order valence-electron chi connectivity index (χ3n) is 4.22. The summed E-state index contributed by atoms with van der Waals surface area (Å²) in [5.74, 6) is -2.62. The van der Waals surface area contributed by atoms with Crippen LogP contribution in [0.2, 0.25) is 0 Å². The van der Waals surface area contributed by atoms with Gasteiger partial charge in [-0.2, -0.15) is 11.8 Å². The summed E-state index contributed by atoms with van der Waals surface area (Å²) in [5, 5.41) is 16.5. The first kappa shape index (κ1) is 28.5. The second-order valence-corrected chi connectivity index (χ2v) is 8.23. The van der Waals surface area contributed by atoms with Crippen LogP contribution in [0.4, 0.5) is 0 Å². The highest BCUT2D eigenvalue weighted by atomic mass is 32.2. The van der Waals surface area contributed by atoms with Gasteiger partial charge in [-0.25, -0.2) is 4.79 Å². The minimum atomic E-state index is -1.17. The molecule has 10 N–H and O–H groups in total. The van der Waals surface area contributed by atoms with Gasteiger partial charge < -0.3 is 38.3 Å². The summed E-state index contributed by atoms with van der Waals surface area (Å²) in [6.07, 6.45) is 2.96. The quantitative estimate of drug-likeness (QED) is 0.0810. The maximum atomic E-state index is 12.5. The number of guanidine groups is 1. The molecule has 0 saturated carbocycles. The Kier molecular flexibility index (Phi) is 14.0. The lowest BCUT2D eigenvalue weighted by molar-refractivity contribution is -0.143. The summed E-state index contributed by atoms with van der Waals surface area (Å²) in [6, 6.07) is -2.80. The number of carboxylic acids is 1. The number of amides is 3. The Labute approximate surface area is 186 Å².